The third-order valence-corrected chi connectivity index (χ3v) is 3.97. The highest BCUT2D eigenvalue weighted by atomic mass is 16.5. The lowest BCUT2D eigenvalue weighted by molar-refractivity contribution is -0.126. The van der Waals surface area contributed by atoms with Gasteiger partial charge in [0.2, 0.25) is 0 Å². The number of para-hydroxylation sites is 1. The summed E-state index contributed by atoms with van der Waals surface area (Å²) in [7, 11) is 0. The molecule has 0 amide bonds. The van der Waals surface area contributed by atoms with E-state index in [2.05, 4.69) is 4.98 Å². The Hall–Kier alpha value is -3.40. The van der Waals surface area contributed by atoms with Crippen molar-refractivity contribution >= 4 is 17.6 Å². The molecule has 0 bridgehead atoms. The van der Waals surface area contributed by atoms with Gasteiger partial charge in [0.15, 0.2) is 0 Å². The molecule has 3 aromatic rings. The number of carbonyl (C=O) groups is 1. The molecule has 1 aliphatic rings. The molecule has 4 rings (SSSR count). The molecule has 1 aliphatic heterocycles. The van der Waals surface area contributed by atoms with Crippen molar-refractivity contribution in [3.8, 4) is 17.2 Å². The molecule has 0 unspecified atom stereocenters. The average molecular weight is 329 g/mol. The number of aromatic nitrogens is 1. The van der Waals surface area contributed by atoms with Crippen molar-refractivity contribution in [2.24, 2.45) is 0 Å². The van der Waals surface area contributed by atoms with E-state index in [0.717, 1.165) is 22.4 Å². The number of esters is 1. The van der Waals surface area contributed by atoms with Crippen LogP contribution in [0.2, 0.25) is 0 Å². The summed E-state index contributed by atoms with van der Waals surface area (Å²) >= 11 is 0. The molecule has 1 aromatic heterocycles. The van der Waals surface area contributed by atoms with Gasteiger partial charge in [-0.3, -0.25) is 4.98 Å². The molecule has 122 valence electrons. The number of hydrogen-bond acceptors (Lipinski definition) is 4. The van der Waals surface area contributed by atoms with E-state index >= 15 is 0 Å². The second kappa shape index (κ2) is 6.24. The molecule has 0 N–H and O–H groups in total. The van der Waals surface area contributed by atoms with Crippen LogP contribution in [0.5, 0.6) is 17.2 Å². The number of pyridine rings is 1. The minimum Gasteiger partial charge on any atom is -0.455 e. The van der Waals surface area contributed by atoms with Gasteiger partial charge in [0.25, 0.3) is 0 Å². The van der Waals surface area contributed by atoms with E-state index in [0.29, 0.717) is 17.1 Å². The number of rotatable bonds is 3. The number of carbonyl (C=O) groups excluding carboxylic acids is 1. The zero-order chi connectivity index (χ0) is 17.2. The highest BCUT2D eigenvalue weighted by Gasteiger charge is 2.26. The molecule has 0 atom stereocenters. The Labute approximate surface area is 145 Å². The number of nitrogens with zero attached hydrogens (tertiary/aromatic N) is 1. The molecule has 4 nitrogen and oxygen atoms in total. The second-order valence-electron chi connectivity index (χ2n) is 5.76. The van der Waals surface area contributed by atoms with Gasteiger partial charge in [-0.15, -0.1) is 0 Å². The summed E-state index contributed by atoms with van der Waals surface area (Å²) in [5, 5.41) is 0. The molecule has 4 heteroatoms. The minimum absolute atomic E-state index is 0.325. The Morgan fingerprint density at radius 2 is 1.96 bits per heavy atom. The lowest BCUT2D eigenvalue weighted by atomic mass is 10.0. The third kappa shape index (κ3) is 3.02. The first kappa shape index (κ1) is 15.1. The van der Waals surface area contributed by atoms with Gasteiger partial charge in [0, 0.05) is 11.8 Å². The van der Waals surface area contributed by atoms with Crippen molar-refractivity contribution < 1.29 is 14.3 Å². The van der Waals surface area contributed by atoms with Crippen LogP contribution in [0.3, 0.4) is 0 Å². The van der Waals surface area contributed by atoms with Crippen LogP contribution < -0.4 is 9.47 Å². The maximum absolute atomic E-state index is 12.1. The van der Waals surface area contributed by atoms with E-state index in [9.17, 15) is 4.79 Å². The second-order valence-corrected chi connectivity index (χ2v) is 5.76. The van der Waals surface area contributed by atoms with Gasteiger partial charge in [-0.2, -0.15) is 0 Å². The lowest BCUT2D eigenvalue weighted by Crippen LogP contribution is -2.00. The summed E-state index contributed by atoms with van der Waals surface area (Å²) in [5.74, 6) is 1.72. The maximum atomic E-state index is 12.1. The van der Waals surface area contributed by atoms with Gasteiger partial charge in [0.05, 0.1) is 11.8 Å². The molecular formula is C21H15NO3. The van der Waals surface area contributed by atoms with Crippen LogP contribution in [-0.4, -0.2) is 11.0 Å². The predicted molar refractivity (Wildman–Crippen MR) is 95.4 cm³/mol. The summed E-state index contributed by atoms with van der Waals surface area (Å²) in [6, 6.07) is 16.9. The van der Waals surface area contributed by atoms with E-state index in [4.69, 9.17) is 9.47 Å². The minimum atomic E-state index is -0.325. The van der Waals surface area contributed by atoms with Gasteiger partial charge in [0.1, 0.15) is 17.2 Å². The zero-order valence-corrected chi connectivity index (χ0v) is 13.6. The third-order valence-electron chi connectivity index (χ3n) is 3.97. The van der Waals surface area contributed by atoms with Crippen LogP contribution in [0.4, 0.5) is 0 Å². The van der Waals surface area contributed by atoms with Crippen molar-refractivity contribution in [1.29, 1.82) is 0 Å². The predicted octanol–water partition coefficient (Wildman–Crippen LogP) is 4.64. The molecule has 0 saturated heterocycles. The summed E-state index contributed by atoms with van der Waals surface area (Å²) in [6.07, 6.45) is 5.21. The standard InChI is InChI=1S/C21H15NO3/c1-14-11-15(8-9-19(14)24-16-5-4-10-22-13-16)12-18-17-6-2-3-7-20(17)25-21(18)23/h2-13H,1H3/b18-12+. The molecule has 25 heavy (non-hydrogen) atoms. The Balaban J connectivity index is 1.64. The van der Waals surface area contributed by atoms with Gasteiger partial charge >= 0.3 is 5.97 Å². The fourth-order valence-corrected chi connectivity index (χ4v) is 2.76. The molecule has 2 aromatic carbocycles. The van der Waals surface area contributed by atoms with Crippen LogP contribution in [0.15, 0.2) is 67.0 Å². The smallest absolute Gasteiger partial charge is 0.344 e. The molecule has 0 radical (unpaired) electrons. The van der Waals surface area contributed by atoms with Crippen molar-refractivity contribution in [3.05, 3.63) is 83.7 Å². The summed E-state index contributed by atoms with van der Waals surface area (Å²) < 4.78 is 11.1. The number of fused-ring (bicyclic) bond motifs is 1. The lowest BCUT2D eigenvalue weighted by Gasteiger charge is -2.09. The molecule has 2 heterocycles. The number of hydrogen-bond donors (Lipinski definition) is 0. The van der Waals surface area contributed by atoms with E-state index in [-0.39, 0.29) is 5.97 Å². The quantitative estimate of drug-likeness (QED) is 0.399. The molecule has 0 spiro atoms. The SMILES string of the molecule is Cc1cc(/C=C2/C(=O)Oc3ccccc32)ccc1Oc1cccnc1. The van der Waals surface area contributed by atoms with Crippen molar-refractivity contribution in [3.63, 3.8) is 0 Å². The first-order valence-corrected chi connectivity index (χ1v) is 7.92. The van der Waals surface area contributed by atoms with Crippen LogP contribution in [0.1, 0.15) is 16.7 Å². The topological polar surface area (TPSA) is 48.4 Å². The van der Waals surface area contributed by atoms with E-state index < -0.39 is 0 Å². The Kier molecular flexibility index (Phi) is 3.78. The van der Waals surface area contributed by atoms with Crippen molar-refractivity contribution in [1.82, 2.24) is 4.98 Å². The first-order valence-electron chi connectivity index (χ1n) is 7.92. The Morgan fingerprint density at radius 1 is 1.08 bits per heavy atom. The van der Waals surface area contributed by atoms with E-state index in [1.54, 1.807) is 18.5 Å². The normalized spacial score (nSPS) is 14.3. The number of ether oxygens (including phenoxy) is 2. The summed E-state index contributed by atoms with van der Waals surface area (Å²) in [4.78, 5) is 16.1. The van der Waals surface area contributed by atoms with Gasteiger partial charge in [-0.05, 0) is 54.5 Å². The number of aryl methyl sites for hydroxylation is 1. The zero-order valence-electron chi connectivity index (χ0n) is 13.6. The maximum Gasteiger partial charge on any atom is 0.344 e. The molecular weight excluding hydrogens is 314 g/mol. The van der Waals surface area contributed by atoms with E-state index in [1.807, 2.05) is 61.5 Å². The molecule has 0 saturated carbocycles. The van der Waals surface area contributed by atoms with Crippen LogP contribution >= 0.6 is 0 Å². The van der Waals surface area contributed by atoms with Gasteiger partial charge < -0.3 is 9.47 Å². The molecule has 0 fully saturated rings. The summed E-state index contributed by atoms with van der Waals surface area (Å²) in [5.41, 5.74) is 3.27. The largest absolute Gasteiger partial charge is 0.455 e. The molecule has 0 aliphatic carbocycles. The van der Waals surface area contributed by atoms with Crippen LogP contribution in [0.25, 0.3) is 11.6 Å². The Morgan fingerprint density at radius 3 is 2.76 bits per heavy atom. The Bertz CT molecular complexity index is 977. The van der Waals surface area contributed by atoms with E-state index in [1.165, 1.54) is 0 Å². The van der Waals surface area contributed by atoms with Crippen molar-refractivity contribution in [2.75, 3.05) is 0 Å². The first-order chi connectivity index (χ1) is 12.2. The highest BCUT2D eigenvalue weighted by Crippen LogP contribution is 2.35. The van der Waals surface area contributed by atoms with Crippen LogP contribution in [0, 0.1) is 6.92 Å². The fraction of sp³-hybridized carbons (Fsp3) is 0.0476. The van der Waals surface area contributed by atoms with Crippen LogP contribution in [-0.2, 0) is 4.79 Å². The average Bonchev–Trinajstić information content (AvgIpc) is 2.94. The monoisotopic (exact) mass is 329 g/mol. The fourth-order valence-electron chi connectivity index (χ4n) is 2.76. The van der Waals surface area contributed by atoms with Gasteiger partial charge in [-0.25, -0.2) is 4.79 Å². The summed E-state index contributed by atoms with van der Waals surface area (Å²) in [6.45, 7) is 1.97. The highest BCUT2D eigenvalue weighted by molar-refractivity contribution is 6.25. The van der Waals surface area contributed by atoms with Gasteiger partial charge in [-0.1, -0.05) is 24.3 Å². The number of benzene rings is 2. The van der Waals surface area contributed by atoms with Crippen molar-refractivity contribution in [2.45, 2.75) is 6.92 Å².